The van der Waals surface area contributed by atoms with Crippen molar-refractivity contribution in [3.63, 3.8) is 0 Å². The van der Waals surface area contributed by atoms with E-state index in [-0.39, 0.29) is 11.7 Å². The first-order chi connectivity index (χ1) is 9.56. The molecule has 0 aliphatic heterocycles. The first-order valence-corrected chi connectivity index (χ1v) is 6.09. The second kappa shape index (κ2) is 6.06. The number of hydrogen-bond donors (Lipinski definition) is 1. The van der Waals surface area contributed by atoms with Gasteiger partial charge in [0, 0.05) is 11.9 Å². The largest absolute Gasteiger partial charge is 0.272 e. The molecule has 0 unspecified atom stereocenters. The summed E-state index contributed by atoms with van der Waals surface area (Å²) in [7, 11) is 0. The van der Waals surface area contributed by atoms with Gasteiger partial charge in [0.2, 0.25) is 0 Å². The molecule has 5 heteroatoms. The van der Waals surface area contributed by atoms with Gasteiger partial charge in [-0.3, -0.25) is 9.78 Å². The highest BCUT2D eigenvalue weighted by Gasteiger charge is 2.05. The van der Waals surface area contributed by atoms with Crippen LogP contribution in [0.3, 0.4) is 0 Å². The highest BCUT2D eigenvalue weighted by atomic mass is 19.1. The first kappa shape index (κ1) is 13.9. The average molecular weight is 271 g/mol. The van der Waals surface area contributed by atoms with Gasteiger partial charge < -0.3 is 0 Å². The molecule has 0 saturated heterocycles. The summed E-state index contributed by atoms with van der Waals surface area (Å²) >= 11 is 0. The van der Waals surface area contributed by atoms with Crippen LogP contribution in [-0.2, 0) is 0 Å². The summed E-state index contributed by atoms with van der Waals surface area (Å²) < 4.78 is 12.8. The topological polar surface area (TPSA) is 54.4 Å². The predicted molar refractivity (Wildman–Crippen MR) is 75.1 cm³/mol. The number of carbonyl (C=O) groups is 1. The van der Waals surface area contributed by atoms with Crippen molar-refractivity contribution in [2.45, 2.75) is 13.8 Å². The second-order valence-electron chi connectivity index (χ2n) is 4.33. The van der Waals surface area contributed by atoms with Gasteiger partial charge in [0.15, 0.2) is 0 Å². The van der Waals surface area contributed by atoms with Crippen molar-refractivity contribution in [2.24, 2.45) is 5.10 Å². The predicted octanol–water partition coefficient (Wildman–Crippen LogP) is 2.68. The number of halogens is 1. The summed E-state index contributed by atoms with van der Waals surface area (Å²) in [5.74, 6) is -0.643. The van der Waals surface area contributed by atoms with Gasteiger partial charge in [-0.25, -0.2) is 9.82 Å². The Kier molecular flexibility index (Phi) is 4.20. The Balaban J connectivity index is 2.06. The van der Waals surface area contributed by atoms with Crippen molar-refractivity contribution < 1.29 is 9.18 Å². The third kappa shape index (κ3) is 3.47. The maximum absolute atomic E-state index is 12.8. The van der Waals surface area contributed by atoms with E-state index in [1.54, 1.807) is 31.2 Å². The van der Waals surface area contributed by atoms with Gasteiger partial charge in [0.1, 0.15) is 5.82 Å². The number of nitrogens with zero attached hydrogens (tertiary/aromatic N) is 2. The van der Waals surface area contributed by atoms with Crippen molar-refractivity contribution in [1.29, 1.82) is 0 Å². The van der Waals surface area contributed by atoms with Crippen molar-refractivity contribution in [3.05, 3.63) is 65.2 Å². The van der Waals surface area contributed by atoms with Gasteiger partial charge >= 0.3 is 0 Å². The fourth-order valence-electron chi connectivity index (χ4n) is 1.56. The van der Waals surface area contributed by atoms with Gasteiger partial charge in [0.05, 0.1) is 11.3 Å². The Morgan fingerprint density at radius 2 is 1.80 bits per heavy atom. The molecule has 0 bridgehead atoms. The molecule has 1 heterocycles. The third-order valence-electron chi connectivity index (χ3n) is 2.76. The number of aromatic nitrogens is 1. The fraction of sp³-hybridized carbons (Fsp3) is 0.133. The zero-order valence-corrected chi connectivity index (χ0v) is 11.2. The maximum Gasteiger partial charge on any atom is 0.272 e. The monoisotopic (exact) mass is 271 g/mol. The summed E-state index contributed by atoms with van der Waals surface area (Å²) in [5.41, 5.74) is 5.06. The number of hydrazone groups is 1. The number of nitrogens with one attached hydrogen (secondary N) is 1. The van der Waals surface area contributed by atoms with E-state index in [0.29, 0.717) is 11.3 Å². The number of aryl methyl sites for hydroxylation is 1. The summed E-state index contributed by atoms with van der Waals surface area (Å²) in [5, 5.41) is 3.99. The minimum atomic E-state index is -0.334. The molecule has 1 amide bonds. The summed E-state index contributed by atoms with van der Waals surface area (Å²) in [6.07, 6.45) is 1.49. The van der Waals surface area contributed by atoms with Crippen LogP contribution >= 0.6 is 0 Å². The van der Waals surface area contributed by atoms with Crippen molar-refractivity contribution in [1.82, 2.24) is 10.4 Å². The molecular formula is C15H14FN3O. The molecule has 0 spiro atoms. The molecule has 2 rings (SSSR count). The van der Waals surface area contributed by atoms with E-state index in [2.05, 4.69) is 15.5 Å². The lowest BCUT2D eigenvalue weighted by molar-refractivity contribution is 0.0954. The Hall–Kier alpha value is -2.56. The molecule has 0 aliphatic rings. The number of benzene rings is 1. The first-order valence-electron chi connectivity index (χ1n) is 6.09. The number of amides is 1. The Labute approximate surface area is 116 Å². The fourth-order valence-corrected chi connectivity index (χ4v) is 1.56. The Morgan fingerprint density at radius 1 is 1.15 bits per heavy atom. The van der Waals surface area contributed by atoms with Crippen LogP contribution in [0.5, 0.6) is 0 Å². The minimum absolute atomic E-state index is 0.309. The molecule has 1 aromatic heterocycles. The standard InChI is InChI=1S/C15H14FN3O/c1-10-3-4-13(9-17-10)15(20)19-18-11(2)12-5-7-14(16)8-6-12/h3-9H,1-2H3,(H,19,20)/b18-11+. The molecule has 0 saturated carbocycles. The summed E-state index contributed by atoms with van der Waals surface area (Å²) in [6.45, 7) is 3.58. The highest BCUT2D eigenvalue weighted by Crippen LogP contribution is 2.04. The van der Waals surface area contributed by atoms with Crippen LogP contribution in [0, 0.1) is 12.7 Å². The zero-order chi connectivity index (χ0) is 14.5. The molecule has 0 aliphatic carbocycles. The van der Waals surface area contributed by atoms with Crippen LogP contribution in [0.4, 0.5) is 4.39 Å². The van der Waals surface area contributed by atoms with Crippen LogP contribution in [0.2, 0.25) is 0 Å². The van der Waals surface area contributed by atoms with Crippen molar-refractivity contribution >= 4 is 11.6 Å². The molecule has 1 aromatic carbocycles. The smallest absolute Gasteiger partial charge is 0.267 e. The molecule has 20 heavy (non-hydrogen) atoms. The van der Waals surface area contributed by atoms with Gasteiger partial charge in [-0.2, -0.15) is 5.10 Å². The van der Waals surface area contributed by atoms with Crippen LogP contribution in [-0.4, -0.2) is 16.6 Å². The van der Waals surface area contributed by atoms with Gasteiger partial charge in [0.25, 0.3) is 5.91 Å². The lowest BCUT2D eigenvalue weighted by Crippen LogP contribution is -2.19. The molecule has 1 N–H and O–H groups in total. The van der Waals surface area contributed by atoms with Crippen LogP contribution in [0.1, 0.15) is 28.5 Å². The second-order valence-corrected chi connectivity index (χ2v) is 4.33. The van der Waals surface area contributed by atoms with Crippen molar-refractivity contribution in [3.8, 4) is 0 Å². The Bertz CT molecular complexity index is 633. The van der Waals surface area contributed by atoms with E-state index in [0.717, 1.165) is 11.3 Å². The average Bonchev–Trinajstić information content (AvgIpc) is 2.46. The lowest BCUT2D eigenvalue weighted by atomic mass is 10.1. The SMILES string of the molecule is C/C(=N\NC(=O)c1ccc(C)nc1)c1ccc(F)cc1. The Morgan fingerprint density at radius 3 is 2.40 bits per heavy atom. The number of rotatable bonds is 3. The number of hydrogen-bond acceptors (Lipinski definition) is 3. The van der Waals surface area contributed by atoms with Gasteiger partial charge in [-0.1, -0.05) is 12.1 Å². The van der Waals surface area contributed by atoms with Gasteiger partial charge in [-0.15, -0.1) is 0 Å². The molecule has 4 nitrogen and oxygen atoms in total. The van der Waals surface area contributed by atoms with E-state index < -0.39 is 0 Å². The molecular weight excluding hydrogens is 257 g/mol. The highest BCUT2D eigenvalue weighted by molar-refractivity contribution is 6.00. The van der Waals surface area contributed by atoms with Crippen molar-refractivity contribution in [2.75, 3.05) is 0 Å². The zero-order valence-electron chi connectivity index (χ0n) is 11.2. The number of carbonyl (C=O) groups excluding carboxylic acids is 1. The van der Waals surface area contributed by atoms with E-state index in [1.807, 2.05) is 6.92 Å². The quantitative estimate of drug-likeness (QED) is 0.689. The molecule has 0 atom stereocenters. The maximum atomic E-state index is 12.8. The molecule has 0 fully saturated rings. The minimum Gasteiger partial charge on any atom is -0.267 e. The third-order valence-corrected chi connectivity index (χ3v) is 2.76. The van der Waals surface area contributed by atoms with Gasteiger partial charge in [-0.05, 0) is 43.7 Å². The normalized spacial score (nSPS) is 11.2. The van der Waals surface area contributed by atoms with Crippen LogP contribution < -0.4 is 5.43 Å². The summed E-state index contributed by atoms with van der Waals surface area (Å²) in [4.78, 5) is 15.9. The van der Waals surface area contributed by atoms with Crippen LogP contribution in [0.15, 0.2) is 47.7 Å². The van der Waals surface area contributed by atoms with E-state index in [4.69, 9.17) is 0 Å². The van der Waals surface area contributed by atoms with E-state index >= 15 is 0 Å². The van der Waals surface area contributed by atoms with Crippen LogP contribution in [0.25, 0.3) is 0 Å². The summed E-state index contributed by atoms with van der Waals surface area (Å²) in [6, 6.07) is 9.34. The molecule has 0 radical (unpaired) electrons. The van der Waals surface area contributed by atoms with E-state index in [9.17, 15) is 9.18 Å². The molecule has 102 valence electrons. The lowest BCUT2D eigenvalue weighted by Gasteiger charge is -2.03. The number of pyridine rings is 1. The molecule has 2 aromatic rings. The van der Waals surface area contributed by atoms with E-state index in [1.165, 1.54) is 18.3 Å².